The van der Waals surface area contributed by atoms with Crippen molar-refractivity contribution in [1.29, 1.82) is 0 Å². The minimum atomic E-state index is 0.657. The number of benzene rings is 5. The molecule has 1 aromatic heterocycles. The second kappa shape index (κ2) is 10.2. The quantitative estimate of drug-likeness (QED) is 0.238. The average Bonchev–Trinajstić information content (AvgIpc) is 2.98. The summed E-state index contributed by atoms with van der Waals surface area (Å²) in [4.78, 5) is 9.87. The van der Waals surface area contributed by atoms with Gasteiger partial charge in [-0.05, 0) is 34.4 Å². The van der Waals surface area contributed by atoms with Crippen molar-refractivity contribution in [3.63, 3.8) is 0 Å². The van der Waals surface area contributed by atoms with Gasteiger partial charge in [-0.2, -0.15) is 0 Å². The van der Waals surface area contributed by atoms with E-state index in [1.54, 1.807) is 0 Å². The second-order valence-electron chi connectivity index (χ2n) is 8.83. The van der Waals surface area contributed by atoms with Crippen LogP contribution in [0.3, 0.4) is 0 Å². The van der Waals surface area contributed by atoms with E-state index >= 15 is 0 Å². The highest BCUT2D eigenvalue weighted by Crippen LogP contribution is 2.34. The lowest BCUT2D eigenvalue weighted by molar-refractivity contribution is 1.18. The summed E-state index contributed by atoms with van der Waals surface area (Å²) in [6.45, 7) is 0. The van der Waals surface area contributed by atoms with Crippen LogP contribution < -0.4 is 0 Å². The molecule has 0 aliphatic carbocycles. The van der Waals surface area contributed by atoms with Gasteiger partial charge in [-0.1, -0.05) is 139 Å². The summed E-state index contributed by atoms with van der Waals surface area (Å²) in [5, 5.41) is 0.657. The highest BCUT2D eigenvalue weighted by molar-refractivity contribution is 6.33. The molecule has 0 amide bonds. The van der Waals surface area contributed by atoms with Gasteiger partial charge in [-0.15, -0.1) is 0 Å². The van der Waals surface area contributed by atoms with Crippen LogP contribution in [0, 0.1) is 0 Å². The van der Waals surface area contributed by atoms with Gasteiger partial charge >= 0.3 is 0 Å². The van der Waals surface area contributed by atoms with Crippen molar-refractivity contribution in [3.05, 3.63) is 145 Å². The van der Waals surface area contributed by atoms with Crippen molar-refractivity contribution in [3.8, 4) is 56.2 Å². The summed E-state index contributed by atoms with van der Waals surface area (Å²) >= 11 is 6.84. The Balaban J connectivity index is 1.44. The molecule has 0 bridgehead atoms. The highest BCUT2D eigenvalue weighted by Gasteiger charge is 2.13. The molecule has 0 spiro atoms. The van der Waals surface area contributed by atoms with Crippen LogP contribution in [0.25, 0.3) is 56.2 Å². The number of hydrogen-bond donors (Lipinski definition) is 0. The smallest absolute Gasteiger partial charge is 0.160 e. The van der Waals surface area contributed by atoms with E-state index in [9.17, 15) is 0 Å². The van der Waals surface area contributed by atoms with Gasteiger partial charge < -0.3 is 0 Å². The molecule has 0 saturated carbocycles. The van der Waals surface area contributed by atoms with Gasteiger partial charge in [0.25, 0.3) is 0 Å². The predicted molar refractivity (Wildman–Crippen MR) is 154 cm³/mol. The first kappa shape index (κ1) is 22.9. The van der Waals surface area contributed by atoms with Gasteiger partial charge in [0.1, 0.15) is 0 Å². The third-order valence-electron chi connectivity index (χ3n) is 6.40. The lowest BCUT2D eigenvalue weighted by atomic mass is 10.0. The van der Waals surface area contributed by atoms with Crippen LogP contribution in [-0.2, 0) is 0 Å². The monoisotopic (exact) mass is 494 g/mol. The van der Waals surface area contributed by atoms with Crippen LogP contribution in [-0.4, -0.2) is 9.97 Å². The van der Waals surface area contributed by atoms with Crippen molar-refractivity contribution in [2.24, 2.45) is 0 Å². The molecule has 37 heavy (non-hydrogen) atoms. The van der Waals surface area contributed by atoms with Crippen molar-refractivity contribution >= 4 is 11.6 Å². The van der Waals surface area contributed by atoms with E-state index in [-0.39, 0.29) is 0 Å². The van der Waals surface area contributed by atoms with Crippen LogP contribution in [0.1, 0.15) is 0 Å². The largest absolute Gasteiger partial charge is 0.228 e. The maximum Gasteiger partial charge on any atom is 0.160 e. The number of rotatable bonds is 5. The summed E-state index contributed by atoms with van der Waals surface area (Å²) in [7, 11) is 0. The van der Waals surface area contributed by atoms with Crippen molar-refractivity contribution in [2.75, 3.05) is 0 Å². The highest BCUT2D eigenvalue weighted by atomic mass is 35.5. The molecule has 2 nitrogen and oxygen atoms in total. The molecule has 5 aromatic carbocycles. The molecule has 0 N–H and O–H groups in total. The Morgan fingerprint density at radius 1 is 0.378 bits per heavy atom. The zero-order chi connectivity index (χ0) is 25.0. The molecule has 0 fully saturated rings. The lowest BCUT2D eigenvalue weighted by Crippen LogP contribution is -1.96. The SMILES string of the molecule is Clc1cc(-c2ccccc2)ccc1-c1cc(-c2ccc(-c3ccccc3)cc2)nc(-c2ccccc2)n1. The lowest BCUT2D eigenvalue weighted by Gasteiger charge is -2.12. The van der Waals surface area contributed by atoms with Crippen LogP contribution in [0.4, 0.5) is 0 Å². The van der Waals surface area contributed by atoms with E-state index in [1.807, 2.05) is 72.8 Å². The maximum atomic E-state index is 6.84. The van der Waals surface area contributed by atoms with Gasteiger partial charge in [-0.25, -0.2) is 9.97 Å². The first-order valence-corrected chi connectivity index (χ1v) is 12.6. The van der Waals surface area contributed by atoms with Crippen LogP contribution in [0.15, 0.2) is 140 Å². The van der Waals surface area contributed by atoms with E-state index in [0.29, 0.717) is 10.8 Å². The Hall–Kier alpha value is -4.53. The van der Waals surface area contributed by atoms with Crippen LogP contribution in [0.2, 0.25) is 5.02 Å². The Labute approximate surface area is 221 Å². The number of aromatic nitrogens is 2. The Bertz CT molecular complexity index is 1650. The molecule has 0 saturated heterocycles. The zero-order valence-corrected chi connectivity index (χ0v) is 20.8. The minimum Gasteiger partial charge on any atom is -0.228 e. The average molecular weight is 495 g/mol. The molecule has 1 heterocycles. The summed E-state index contributed by atoms with van der Waals surface area (Å²) in [6, 6.07) is 47.3. The van der Waals surface area contributed by atoms with E-state index in [2.05, 4.69) is 66.7 Å². The number of hydrogen-bond acceptors (Lipinski definition) is 2. The van der Waals surface area contributed by atoms with E-state index in [0.717, 1.165) is 39.2 Å². The number of nitrogens with zero attached hydrogens (tertiary/aromatic N) is 2. The molecule has 6 rings (SSSR count). The maximum absolute atomic E-state index is 6.84. The van der Waals surface area contributed by atoms with Crippen molar-refractivity contribution in [2.45, 2.75) is 0 Å². The summed E-state index contributed by atoms with van der Waals surface area (Å²) in [6.07, 6.45) is 0. The fraction of sp³-hybridized carbons (Fsp3) is 0. The molecule has 0 aliphatic heterocycles. The van der Waals surface area contributed by atoms with E-state index in [4.69, 9.17) is 21.6 Å². The Morgan fingerprint density at radius 2 is 0.838 bits per heavy atom. The second-order valence-corrected chi connectivity index (χ2v) is 9.24. The molecule has 176 valence electrons. The molecule has 0 radical (unpaired) electrons. The molecular weight excluding hydrogens is 472 g/mol. The predicted octanol–water partition coefficient (Wildman–Crippen LogP) is 9.46. The summed E-state index contributed by atoms with van der Waals surface area (Å²) in [5.41, 5.74) is 9.07. The first-order valence-electron chi connectivity index (χ1n) is 12.2. The van der Waals surface area contributed by atoms with Crippen molar-refractivity contribution < 1.29 is 0 Å². The number of halogens is 1. The normalized spacial score (nSPS) is 10.8. The Kier molecular flexibility index (Phi) is 6.33. The molecular formula is C34H23ClN2. The zero-order valence-electron chi connectivity index (χ0n) is 20.1. The van der Waals surface area contributed by atoms with Crippen molar-refractivity contribution in [1.82, 2.24) is 9.97 Å². The van der Waals surface area contributed by atoms with Crippen LogP contribution in [0.5, 0.6) is 0 Å². The van der Waals surface area contributed by atoms with Gasteiger partial charge in [0, 0.05) is 16.7 Å². The minimum absolute atomic E-state index is 0.657. The molecule has 0 aliphatic rings. The molecule has 3 heteroatoms. The summed E-state index contributed by atoms with van der Waals surface area (Å²) < 4.78 is 0. The molecule has 0 atom stereocenters. The molecule has 0 unspecified atom stereocenters. The third kappa shape index (κ3) is 4.93. The van der Waals surface area contributed by atoms with E-state index in [1.165, 1.54) is 11.1 Å². The van der Waals surface area contributed by atoms with E-state index < -0.39 is 0 Å². The topological polar surface area (TPSA) is 25.8 Å². The summed E-state index contributed by atoms with van der Waals surface area (Å²) in [5.74, 6) is 0.670. The van der Waals surface area contributed by atoms with Gasteiger partial charge in [0.2, 0.25) is 0 Å². The van der Waals surface area contributed by atoms with Gasteiger partial charge in [-0.3, -0.25) is 0 Å². The van der Waals surface area contributed by atoms with Gasteiger partial charge in [0.15, 0.2) is 5.82 Å². The van der Waals surface area contributed by atoms with Gasteiger partial charge in [0.05, 0.1) is 16.4 Å². The third-order valence-corrected chi connectivity index (χ3v) is 6.71. The molecule has 6 aromatic rings. The fourth-order valence-corrected chi connectivity index (χ4v) is 4.72. The van der Waals surface area contributed by atoms with Crippen LogP contribution >= 0.6 is 11.6 Å². The standard InChI is InChI=1S/C34H23ClN2/c35-31-22-29(25-12-6-2-7-13-25)20-21-30(31)33-23-32(36-34(37-33)28-14-8-3-9-15-28)27-18-16-26(17-19-27)24-10-4-1-5-11-24/h1-23H. The first-order chi connectivity index (χ1) is 18.2. The Morgan fingerprint density at radius 3 is 1.43 bits per heavy atom. The fourth-order valence-electron chi connectivity index (χ4n) is 4.45.